The number of carbonyl (C=O) groups is 1. The highest BCUT2D eigenvalue weighted by Crippen LogP contribution is 2.29. The number of hydrogen-bond donors (Lipinski definition) is 1. The molecule has 128 valence electrons. The van der Waals surface area contributed by atoms with Crippen molar-refractivity contribution in [1.29, 1.82) is 0 Å². The molecule has 1 aliphatic heterocycles. The largest absolute Gasteiger partial charge is 0.336 e. The Morgan fingerprint density at radius 3 is 2.96 bits per heavy atom. The second kappa shape index (κ2) is 6.61. The van der Waals surface area contributed by atoms with Crippen molar-refractivity contribution in [2.45, 2.75) is 6.04 Å². The van der Waals surface area contributed by atoms with Gasteiger partial charge in [-0.1, -0.05) is 40.2 Å². The summed E-state index contributed by atoms with van der Waals surface area (Å²) in [5.74, 6) is 0.951. The molecule has 1 unspecified atom stereocenters. The molecule has 0 spiro atoms. The van der Waals surface area contributed by atoms with Gasteiger partial charge in [0.15, 0.2) is 0 Å². The van der Waals surface area contributed by atoms with E-state index in [1.54, 1.807) is 6.20 Å². The second-order valence-corrected chi connectivity index (χ2v) is 7.20. The monoisotopic (exact) mass is 398 g/mol. The van der Waals surface area contributed by atoms with E-state index in [-0.39, 0.29) is 11.9 Å². The highest BCUT2D eigenvalue weighted by molar-refractivity contribution is 9.10. The van der Waals surface area contributed by atoms with Crippen LogP contribution in [0, 0.1) is 0 Å². The number of fused-ring (bicyclic) bond motifs is 1. The zero-order valence-electron chi connectivity index (χ0n) is 13.9. The van der Waals surface area contributed by atoms with Gasteiger partial charge in [0.2, 0.25) is 0 Å². The number of amides is 1. The summed E-state index contributed by atoms with van der Waals surface area (Å²) in [4.78, 5) is 19.8. The van der Waals surface area contributed by atoms with Crippen molar-refractivity contribution in [1.82, 2.24) is 19.8 Å². The van der Waals surface area contributed by atoms with Gasteiger partial charge in [0.25, 0.3) is 5.91 Å². The number of benzene rings is 2. The molecule has 1 atom stereocenters. The van der Waals surface area contributed by atoms with Crippen molar-refractivity contribution in [3.8, 4) is 0 Å². The number of piperazine rings is 1. The molecule has 0 saturated carbocycles. The highest BCUT2D eigenvalue weighted by atomic mass is 79.9. The maximum absolute atomic E-state index is 13.4. The third-order valence-electron chi connectivity index (χ3n) is 4.72. The minimum atomic E-state index is -0.0704. The molecule has 1 saturated heterocycles. The molecule has 1 aliphatic rings. The van der Waals surface area contributed by atoms with Crippen molar-refractivity contribution in [2.24, 2.45) is 7.05 Å². The Hall–Kier alpha value is -2.18. The van der Waals surface area contributed by atoms with Gasteiger partial charge in [0, 0.05) is 49.1 Å². The molecule has 5 nitrogen and oxygen atoms in total. The first-order valence-corrected chi connectivity index (χ1v) is 9.11. The van der Waals surface area contributed by atoms with Gasteiger partial charge < -0.3 is 14.8 Å². The van der Waals surface area contributed by atoms with Crippen LogP contribution in [0.3, 0.4) is 0 Å². The number of rotatable bonds is 2. The SMILES string of the molecule is Cn1ccnc1C1CNCCN1C(=O)c1cc(Br)cc2ccccc12. The highest BCUT2D eigenvalue weighted by Gasteiger charge is 2.31. The summed E-state index contributed by atoms with van der Waals surface area (Å²) < 4.78 is 2.90. The summed E-state index contributed by atoms with van der Waals surface area (Å²) in [7, 11) is 1.97. The summed E-state index contributed by atoms with van der Waals surface area (Å²) in [6.07, 6.45) is 3.70. The predicted molar refractivity (Wildman–Crippen MR) is 102 cm³/mol. The van der Waals surface area contributed by atoms with Crippen molar-refractivity contribution in [2.75, 3.05) is 19.6 Å². The predicted octanol–water partition coefficient (Wildman–Crippen LogP) is 3.12. The molecule has 6 heteroatoms. The van der Waals surface area contributed by atoms with Crippen LogP contribution >= 0.6 is 15.9 Å². The van der Waals surface area contributed by atoms with Gasteiger partial charge in [-0.2, -0.15) is 0 Å². The molecule has 4 rings (SSSR count). The minimum absolute atomic E-state index is 0.0481. The molecule has 1 N–H and O–H groups in total. The van der Waals surface area contributed by atoms with Crippen LogP contribution in [0.4, 0.5) is 0 Å². The first-order valence-electron chi connectivity index (χ1n) is 8.32. The number of aryl methyl sites for hydroxylation is 1. The summed E-state index contributed by atoms with van der Waals surface area (Å²) in [5, 5.41) is 5.42. The Kier molecular flexibility index (Phi) is 4.31. The molecule has 25 heavy (non-hydrogen) atoms. The molecule has 1 aromatic heterocycles. The van der Waals surface area contributed by atoms with E-state index in [1.807, 2.05) is 59.1 Å². The van der Waals surface area contributed by atoms with E-state index in [1.165, 1.54) is 0 Å². The minimum Gasteiger partial charge on any atom is -0.336 e. The van der Waals surface area contributed by atoms with Crippen molar-refractivity contribution in [3.05, 3.63) is 64.7 Å². The quantitative estimate of drug-likeness (QED) is 0.721. The molecule has 2 heterocycles. The van der Waals surface area contributed by atoms with E-state index < -0.39 is 0 Å². The number of nitrogens with one attached hydrogen (secondary N) is 1. The van der Waals surface area contributed by atoms with Gasteiger partial charge in [-0.3, -0.25) is 4.79 Å². The number of hydrogen-bond acceptors (Lipinski definition) is 3. The first-order chi connectivity index (χ1) is 12.1. The normalized spacial score (nSPS) is 17.8. The van der Waals surface area contributed by atoms with Crippen LogP contribution in [0.15, 0.2) is 53.3 Å². The smallest absolute Gasteiger partial charge is 0.255 e. The molecule has 0 aliphatic carbocycles. The lowest BCUT2D eigenvalue weighted by molar-refractivity contribution is 0.0623. The zero-order valence-corrected chi connectivity index (χ0v) is 15.5. The summed E-state index contributed by atoms with van der Waals surface area (Å²) in [6.45, 7) is 2.17. The van der Waals surface area contributed by atoms with Crippen LogP contribution < -0.4 is 5.32 Å². The number of imidazole rings is 1. The molecule has 1 fully saturated rings. The summed E-state index contributed by atoms with van der Waals surface area (Å²) in [5.41, 5.74) is 0.728. The fourth-order valence-corrected chi connectivity index (χ4v) is 3.96. The number of nitrogens with zero attached hydrogens (tertiary/aromatic N) is 3. The lowest BCUT2D eigenvalue weighted by Gasteiger charge is -2.36. The van der Waals surface area contributed by atoms with Crippen LogP contribution in [0.25, 0.3) is 10.8 Å². The molecule has 0 radical (unpaired) electrons. The lowest BCUT2D eigenvalue weighted by Crippen LogP contribution is -2.49. The van der Waals surface area contributed by atoms with Crippen LogP contribution in [0.1, 0.15) is 22.2 Å². The molecule has 3 aromatic rings. The number of carbonyl (C=O) groups excluding carboxylic acids is 1. The van der Waals surface area contributed by atoms with Gasteiger partial charge in [-0.25, -0.2) is 4.98 Å². The Labute approximate surface area is 154 Å². The third-order valence-corrected chi connectivity index (χ3v) is 5.18. The van der Waals surface area contributed by atoms with E-state index in [2.05, 4.69) is 26.2 Å². The number of aromatic nitrogens is 2. The molecular weight excluding hydrogens is 380 g/mol. The third kappa shape index (κ3) is 2.96. The topological polar surface area (TPSA) is 50.2 Å². The molecular formula is C19H19BrN4O. The van der Waals surface area contributed by atoms with E-state index >= 15 is 0 Å². The van der Waals surface area contributed by atoms with Gasteiger partial charge in [0.1, 0.15) is 11.9 Å². The summed E-state index contributed by atoms with van der Waals surface area (Å²) in [6, 6.07) is 11.9. The van der Waals surface area contributed by atoms with Gasteiger partial charge >= 0.3 is 0 Å². The maximum Gasteiger partial charge on any atom is 0.255 e. The van der Waals surface area contributed by atoms with E-state index in [0.29, 0.717) is 13.1 Å². The standard InChI is InChI=1S/C19H19BrN4O/c1-23-8-7-22-18(23)17-12-21-6-9-24(17)19(25)16-11-14(20)10-13-4-2-3-5-15(13)16/h2-5,7-8,10-11,17,21H,6,9,12H2,1H3. The number of halogens is 1. The van der Waals surface area contributed by atoms with Crippen LogP contribution in [0.5, 0.6) is 0 Å². The zero-order chi connectivity index (χ0) is 17.4. The maximum atomic E-state index is 13.4. The second-order valence-electron chi connectivity index (χ2n) is 6.29. The van der Waals surface area contributed by atoms with Crippen LogP contribution in [-0.2, 0) is 7.05 Å². The average molecular weight is 399 g/mol. The Balaban J connectivity index is 1.78. The van der Waals surface area contributed by atoms with Crippen molar-refractivity contribution in [3.63, 3.8) is 0 Å². The fraction of sp³-hybridized carbons (Fsp3) is 0.263. The molecule has 0 bridgehead atoms. The summed E-state index contributed by atoms with van der Waals surface area (Å²) >= 11 is 3.54. The van der Waals surface area contributed by atoms with Crippen LogP contribution in [0.2, 0.25) is 0 Å². The van der Waals surface area contributed by atoms with Crippen molar-refractivity contribution >= 4 is 32.6 Å². The molecule has 1 amide bonds. The molecule has 2 aromatic carbocycles. The Morgan fingerprint density at radius 1 is 1.32 bits per heavy atom. The van der Waals surface area contributed by atoms with Gasteiger partial charge in [-0.05, 0) is 22.9 Å². The Morgan fingerprint density at radius 2 is 2.16 bits per heavy atom. The van der Waals surface area contributed by atoms with E-state index in [9.17, 15) is 4.79 Å². The van der Waals surface area contributed by atoms with Crippen molar-refractivity contribution < 1.29 is 4.79 Å². The van der Waals surface area contributed by atoms with E-state index in [4.69, 9.17) is 0 Å². The first kappa shape index (κ1) is 16.3. The fourth-order valence-electron chi connectivity index (χ4n) is 3.48. The average Bonchev–Trinajstić information content (AvgIpc) is 3.06. The lowest BCUT2D eigenvalue weighted by atomic mass is 10.0. The van der Waals surface area contributed by atoms with Gasteiger partial charge in [-0.15, -0.1) is 0 Å². The van der Waals surface area contributed by atoms with E-state index in [0.717, 1.165) is 33.2 Å². The van der Waals surface area contributed by atoms with Crippen LogP contribution in [-0.4, -0.2) is 40.0 Å². The van der Waals surface area contributed by atoms with Gasteiger partial charge in [0.05, 0.1) is 0 Å². The Bertz CT molecular complexity index is 936.